The first-order chi connectivity index (χ1) is 11.4. The minimum atomic E-state index is -4.85. The van der Waals surface area contributed by atoms with Gasteiger partial charge in [0.25, 0.3) is 0 Å². The summed E-state index contributed by atoms with van der Waals surface area (Å²) in [7, 11) is -2.35. The Morgan fingerprint density at radius 3 is 2.16 bits per heavy atom. The van der Waals surface area contributed by atoms with Crippen molar-refractivity contribution in [3.8, 4) is 0 Å². The number of rotatable bonds is 4. The van der Waals surface area contributed by atoms with Crippen molar-refractivity contribution >= 4 is 21.6 Å². The van der Waals surface area contributed by atoms with Gasteiger partial charge in [0.1, 0.15) is 6.04 Å². The maximum absolute atomic E-state index is 13.6. The van der Waals surface area contributed by atoms with Gasteiger partial charge in [-0.3, -0.25) is 4.79 Å². The van der Waals surface area contributed by atoms with Crippen molar-refractivity contribution < 1.29 is 21.6 Å². The number of hydrogen-bond donors (Lipinski definition) is 0. The van der Waals surface area contributed by atoms with Gasteiger partial charge in [0.2, 0.25) is 15.6 Å². The number of halogens is 4. The monoisotopic (exact) mass is 394 g/mol. The summed E-state index contributed by atoms with van der Waals surface area (Å²) in [6, 6.07) is 4.30. The molecular formula is C15H14ClF3N2O3S. The van der Waals surface area contributed by atoms with E-state index < -0.39 is 32.7 Å². The molecule has 25 heavy (non-hydrogen) atoms. The Morgan fingerprint density at radius 1 is 1.12 bits per heavy atom. The zero-order chi connectivity index (χ0) is 19.0. The first-order valence-electron chi connectivity index (χ1n) is 6.91. The third-order valence-electron chi connectivity index (χ3n) is 3.60. The lowest BCUT2D eigenvalue weighted by Gasteiger charge is -2.29. The molecule has 0 fully saturated rings. The molecule has 10 heteroatoms. The quantitative estimate of drug-likeness (QED) is 0.801. The van der Waals surface area contributed by atoms with Gasteiger partial charge in [-0.1, -0.05) is 23.7 Å². The first-order valence-corrected chi connectivity index (χ1v) is 8.73. The number of benzene rings is 1. The second-order valence-electron chi connectivity index (χ2n) is 5.33. The summed E-state index contributed by atoms with van der Waals surface area (Å²) in [5, 5.41) is 0.230. The molecule has 0 radical (unpaired) electrons. The van der Waals surface area contributed by atoms with Crippen molar-refractivity contribution in [2.45, 2.75) is 17.1 Å². The van der Waals surface area contributed by atoms with Crippen LogP contribution in [0.25, 0.3) is 0 Å². The SMILES string of the molecule is CN(C(c1ccc(Cl)cc1)C(F)(F)F)S(=O)(=O)c1ccc(=O)n(C)c1. The summed E-state index contributed by atoms with van der Waals surface area (Å²) >= 11 is 5.68. The van der Waals surface area contributed by atoms with E-state index in [0.29, 0.717) is 0 Å². The molecule has 0 aliphatic heterocycles. The molecular weight excluding hydrogens is 381 g/mol. The van der Waals surface area contributed by atoms with E-state index in [2.05, 4.69) is 0 Å². The highest BCUT2D eigenvalue weighted by Gasteiger charge is 2.47. The predicted octanol–water partition coefficient (Wildman–Crippen LogP) is 2.96. The lowest BCUT2D eigenvalue weighted by atomic mass is 10.1. The minimum Gasteiger partial charge on any atom is -0.317 e. The molecule has 0 amide bonds. The molecule has 1 heterocycles. The first kappa shape index (κ1) is 19.5. The van der Waals surface area contributed by atoms with Gasteiger partial charge >= 0.3 is 6.18 Å². The lowest BCUT2D eigenvalue weighted by Crippen LogP contribution is -2.40. The van der Waals surface area contributed by atoms with Gasteiger partial charge in [-0.05, 0) is 23.8 Å². The number of pyridine rings is 1. The summed E-state index contributed by atoms with van der Waals surface area (Å²) in [5.41, 5.74) is -0.750. The van der Waals surface area contributed by atoms with E-state index >= 15 is 0 Å². The average molecular weight is 395 g/mol. The molecule has 2 rings (SSSR count). The summed E-state index contributed by atoms with van der Waals surface area (Å²) in [6.07, 6.45) is -3.88. The summed E-state index contributed by atoms with van der Waals surface area (Å²) in [5.74, 6) is 0. The van der Waals surface area contributed by atoms with Gasteiger partial charge in [0.15, 0.2) is 0 Å². The fourth-order valence-electron chi connectivity index (χ4n) is 2.28. The molecule has 0 bridgehead atoms. The van der Waals surface area contributed by atoms with Crippen molar-refractivity contribution in [2.75, 3.05) is 7.05 Å². The van der Waals surface area contributed by atoms with Crippen LogP contribution in [0.3, 0.4) is 0 Å². The van der Waals surface area contributed by atoms with E-state index in [0.717, 1.165) is 42.1 Å². The van der Waals surface area contributed by atoms with Gasteiger partial charge in [0.05, 0.1) is 4.90 Å². The molecule has 1 aromatic heterocycles. The number of aromatic nitrogens is 1. The van der Waals surface area contributed by atoms with Crippen LogP contribution in [0.4, 0.5) is 13.2 Å². The summed E-state index contributed by atoms with van der Waals surface area (Å²) in [6.45, 7) is 0. The van der Waals surface area contributed by atoms with Crippen LogP contribution in [0.2, 0.25) is 5.02 Å². The molecule has 0 saturated heterocycles. The Hall–Kier alpha value is -1.84. The van der Waals surface area contributed by atoms with Gasteiger partial charge in [-0.25, -0.2) is 8.42 Å². The van der Waals surface area contributed by atoms with Crippen LogP contribution in [0.15, 0.2) is 52.3 Å². The molecule has 1 aromatic carbocycles. The molecule has 0 aliphatic rings. The topological polar surface area (TPSA) is 59.4 Å². The zero-order valence-electron chi connectivity index (χ0n) is 13.2. The molecule has 0 spiro atoms. The number of sulfonamides is 1. The molecule has 0 saturated carbocycles. The van der Waals surface area contributed by atoms with Crippen LogP contribution in [0.5, 0.6) is 0 Å². The second kappa shape index (κ2) is 6.81. The smallest absolute Gasteiger partial charge is 0.317 e. The molecule has 136 valence electrons. The maximum Gasteiger partial charge on any atom is 0.409 e. The fraction of sp³-hybridized carbons (Fsp3) is 0.267. The van der Waals surface area contributed by atoms with Crippen LogP contribution in [0, 0.1) is 0 Å². The third kappa shape index (κ3) is 4.05. The van der Waals surface area contributed by atoms with Crippen molar-refractivity contribution in [3.05, 3.63) is 63.5 Å². The highest BCUT2D eigenvalue weighted by molar-refractivity contribution is 7.89. The highest BCUT2D eigenvalue weighted by Crippen LogP contribution is 2.39. The van der Waals surface area contributed by atoms with Gasteiger partial charge in [-0.2, -0.15) is 17.5 Å². The van der Waals surface area contributed by atoms with Crippen LogP contribution in [-0.4, -0.2) is 30.5 Å². The van der Waals surface area contributed by atoms with Crippen LogP contribution in [0.1, 0.15) is 11.6 Å². The van der Waals surface area contributed by atoms with E-state index in [1.165, 1.54) is 19.2 Å². The van der Waals surface area contributed by atoms with Crippen molar-refractivity contribution in [3.63, 3.8) is 0 Å². The van der Waals surface area contributed by atoms with Crippen LogP contribution >= 0.6 is 11.6 Å². The van der Waals surface area contributed by atoms with E-state index in [1.54, 1.807) is 0 Å². The Morgan fingerprint density at radius 2 is 1.68 bits per heavy atom. The zero-order valence-corrected chi connectivity index (χ0v) is 14.7. The van der Waals surface area contributed by atoms with Crippen molar-refractivity contribution in [2.24, 2.45) is 7.05 Å². The van der Waals surface area contributed by atoms with E-state index in [9.17, 15) is 26.4 Å². The minimum absolute atomic E-state index is 0.230. The summed E-state index contributed by atoms with van der Waals surface area (Å²) in [4.78, 5) is 11.0. The van der Waals surface area contributed by atoms with Crippen molar-refractivity contribution in [1.82, 2.24) is 8.87 Å². The van der Waals surface area contributed by atoms with E-state index in [4.69, 9.17) is 11.6 Å². The fourth-order valence-corrected chi connectivity index (χ4v) is 3.78. The Bertz CT molecular complexity index is 924. The lowest BCUT2D eigenvalue weighted by molar-refractivity contribution is -0.171. The van der Waals surface area contributed by atoms with Crippen LogP contribution < -0.4 is 5.56 Å². The van der Waals surface area contributed by atoms with Crippen LogP contribution in [-0.2, 0) is 17.1 Å². The maximum atomic E-state index is 13.6. The number of nitrogens with zero attached hydrogens (tertiary/aromatic N) is 2. The number of alkyl halides is 3. The Kier molecular flexibility index (Phi) is 5.31. The Balaban J connectivity index is 2.55. The standard InChI is InChI=1S/C15H14ClF3N2O3S/c1-20-9-12(7-8-13(20)22)25(23,24)21(2)14(15(17,18)19)10-3-5-11(16)6-4-10/h3-9,14H,1-2H3. The molecule has 2 aromatic rings. The third-order valence-corrected chi connectivity index (χ3v) is 5.65. The molecule has 0 aliphatic carbocycles. The van der Waals surface area contributed by atoms with Gasteiger partial charge in [-0.15, -0.1) is 0 Å². The molecule has 1 unspecified atom stereocenters. The number of hydrogen-bond acceptors (Lipinski definition) is 3. The van der Waals surface area contributed by atoms with Gasteiger partial charge in [0, 0.05) is 31.4 Å². The number of aryl methyl sites for hydroxylation is 1. The summed E-state index contributed by atoms with van der Waals surface area (Å²) < 4.78 is 67.1. The average Bonchev–Trinajstić information content (AvgIpc) is 2.50. The molecule has 5 nitrogen and oxygen atoms in total. The predicted molar refractivity (Wildman–Crippen MR) is 86.9 cm³/mol. The second-order valence-corrected chi connectivity index (χ2v) is 7.76. The van der Waals surface area contributed by atoms with E-state index in [-0.39, 0.29) is 14.9 Å². The van der Waals surface area contributed by atoms with E-state index in [1.807, 2.05) is 0 Å². The molecule has 1 atom stereocenters. The molecule has 0 N–H and O–H groups in total. The normalized spacial score (nSPS) is 13.9. The largest absolute Gasteiger partial charge is 0.409 e. The highest BCUT2D eigenvalue weighted by atomic mass is 35.5. The van der Waals surface area contributed by atoms with Crippen molar-refractivity contribution in [1.29, 1.82) is 0 Å². The van der Waals surface area contributed by atoms with Gasteiger partial charge < -0.3 is 4.57 Å². The Labute approximate surface area is 147 Å².